The molecule has 0 unspecified atom stereocenters. The van der Waals surface area contributed by atoms with Gasteiger partial charge in [-0.15, -0.1) is 0 Å². The molecule has 1 aliphatic carbocycles. The van der Waals surface area contributed by atoms with Gasteiger partial charge in [-0.2, -0.15) is 0 Å². The molecule has 1 atom stereocenters. The van der Waals surface area contributed by atoms with Crippen LogP contribution in [0.1, 0.15) is 43.7 Å². The van der Waals surface area contributed by atoms with Crippen LogP contribution in [0.3, 0.4) is 0 Å². The van der Waals surface area contributed by atoms with Crippen molar-refractivity contribution >= 4 is 11.9 Å². The van der Waals surface area contributed by atoms with Crippen LogP contribution in [0, 0.1) is 0 Å². The highest BCUT2D eigenvalue weighted by atomic mass is 16.5. The number of hydrogen-bond donors (Lipinski definition) is 1. The maximum atomic E-state index is 12.3. The molecule has 2 rings (SSSR count). The van der Waals surface area contributed by atoms with Gasteiger partial charge in [0.1, 0.15) is 0 Å². The van der Waals surface area contributed by atoms with Gasteiger partial charge >= 0.3 is 5.97 Å². The average molecular weight is 287 g/mol. The average Bonchev–Trinajstić information content (AvgIpc) is 2.55. The molecule has 0 heterocycles. The molecular weight excluding hydrogens is 266 g/mol. The van der Waals surface area contributed by atoms with Crippen LogP contribution >= 0.6 is 0 Å². The lowest BCUT2D eigenvalue weighted by atomic mass is 9.97. The van der Waals surface area contributed by atoms with Crippen molar-refractivity contribution in [1.29, 1.82) is 0 Å². The van der Waals surface area contributed by atoms with E-state index in [-0.39, 0.29) is 24.3 Å². The van der Waals surface area contributed by atoms with Crippen LogP contribution in [0.5, 0.6) is 0 Å². The lowest BCUT2D eigenvalue weighted by Crippen LogP contribution is -2.32. The van der Waals surface area contributed by atoms with E-state index in [2.05, 4.69) is 5.32 Å². The zero-order chi connectivity index (χ0) is 15.1. The first-order chi connectivity index (χ1) is 10.2. The van der Waals surface area contributed by atoms with Gasteiger partial charge in [0.15, 0.2) is 0 Å². The standard InChI is InChI=1S/C17H21NO3/c1-21-16(19)12-15(13-8-4-2-5-9-13)18-17(20)14-10-6-3-7-11-14/h2,4-5,8-10,15H,3,6-7,11-12H2,1H3,(H,18,20)/t15-/m0/s1. The Balaban J connectivity index is 2.10. The molecule has 0 saturated heterocycles. The Kier molecular flexibility index (Phi) is 5.55. The van der Waals surface area contributed by atoms with Crippen molar-refractivity contribution in [3.63, 3.8) is 0 Å². The van der Waals surface area contributed by atoms with Crippen molar-refractivity contribution in [2.75, 3.05) is 7.11 Å². The zero-order valence-corrected chi connectivity index (χ0v) is 12.3. The minimum Gasteiger partial charge on any atom is -0.469 e. The molecule has 0 spiro atoms. The van der Waals surface area contributed by atoms with Gasteiger partial charge in [-0.05, 0) is 31.2 Å². The lowest BCUT2D eigenvalue weighted by Gasteiger charge is -2.20. The van der Waals surface area contributed by atoms with Gasteiger partial charge in [0.05, 0.1) is 19.6 Å². The summed E-state index contributed by atoms with van der Waals surface area (Å²) in [6.07, 6.45) is 6.09. The van der Waals surface area contributed by atoms with E-state index in [9.17, 15) is 9.59 Å². The van der Waals surface area contributed by atoms with Gasteiger partial charge in [-0.25, -0.2) is 0 Å². The Hall–Kier alpha value is -2.10. The van der Waals surface area contributed by atoms with Gasteiger partial charge in [0, 0.05) is 5.57 Å². The molecule has 0 saturated carbocycles. The number of amides is 1. The minimum atomic E-state index is -0.353. The monoisotopic (exact) mass is 287 g/mol. The van der Waals surface area contributed by atoms with E-state index in [1.54, 1.807) is 0 Å². The molecular formula is C17H21NO3. The Morgan fingerprint density at radius 3 is 2.62 bits per heavy atom. The molecule has 0 bridgehead atoms. The molecule has 21 heavy (non-hydrogen) atoms. The number of nitrogens with one attached hydrogen (secondary N) is 1. The highest BCUT2D eigenvalue weighted by molar-refractivity contribution is 5.94. The number of ether oxygens (including phenoxy) is 1. The highest BCUT2D eigenvalue weighted by Crippen LogP contribution is 2.21. The van der Waals surface area contributed by atoms with Crippen molar-refractivity contribution in [2.45, 2.75) is 38.1 Å². The molecule has 1 aromatic carbocycles. The molecule has 1 amide bonds. The summed E-state index contributed by atoms with van der Waals surface area (Å²) < 4.78 is 4.72. The molecule has 1 aliphatic rings. The van der Waals surface area contributed by atoms with E-state index < -0.39 is 0 Å². The summed E-state index contributed by atoms with van der Waals surface area (Å²) in [6, 6.07) is 9.15. The van der Waals surface area contributed by atoms with E-state index in [0.29, 0.717) is 0 Å². The molecule has 4 heteroatoms. The molecule has 1 N–H and O–H groups in total. The normalized spacial score (nSPS) is 15.8. The van der Waals surface area contributed by atoms with Crippen LogP contribution in [0.15, 0.2) is 42.0 Å². The second-order valence-corrected chi connectivity index (χ2v) is 5.19. The number of carbonyl (C=O) groups excluding carboxylic acids is 2. The first kappa shape index (κ1) is 15.3. The molecule has 0 radical (unpaired) electrons. The predicted molar refractivity (Wildman–Crippen MR) is 80.5 cm³/mol. The van der Waals surface area contributed by atoms with Crippen LogP contribution in [-0.4, -0.2) is 19.0 Å². The number of rotatable bonds is 5. The smallest absolute Gasteiger partial charge is 0.307 e. The van der Waals surface area contributed by atoms with Crippen LogP contribution in [0.25, 0.3) is 0 Å². The number of methoxy groups -OCH3 is 1. The Bertz CT molecular complexity index is 522. The van der Waals surface area contributed by atoms with Crippen molar-refractivity contribution in [1.82, 2.24) is 5.32 Å². The summed E-state index contributed by atoms with van der Waals surface area (Å²) in [7, 11) is 1.36. The molecule has 0 fully saturated rings. The summed E-state index contributed by atoms with van der Waals surface area (Å²) in [4.78, 5) is 23.9. The zero-order valence-electron chi connectivity index (χ0n) is 12.3. The van der Waals surface area contributed by atoms with Crippen LogP contribution < -0.4 is 5.32 Å². The number of esters is 1. The minimum absolute atomic E-state index is 0.0764. The molecule has 4 nitrogen and oxygen atoms in total. The van der Waals surface area contributed by atoms with Gasteiger partial charge in [0.25, 0.3) is 0 Å². The van der Waals surface area contributed by atoms with Gasteiger partial charge in [-0.1, -0.05) is 36.4 Å². The summed E-state index contributed by atoms with van der Waals surface area (Å²) in [5.41, 5.74) is 1.74. The Morgan fingerprint density at radius 2 is 2.00 bits per heavy atom. The SMILES string of the molecule is COC(=O)C[C@H](NC(=O)C1=CCCCC1)c1ccccc1. The molecule has 0 aliphatic heterocycles. The third-order valence-corrected chi connectivity index (χ3v) is 3.69. The van der Waals surface area contributed by atoms with Crippen molar-refractivity contribution in [2.24, 2.45) is 0 Å². The summed E-state index contributed by atoms with van der Waals surface area (Å²) >= 11 is 0. The molecule has 0 aromatic heterocycles. The first-order valence-electron chi connectivity index (χ1n) is 7.32. The fourth-order valence-corrected chi connectivity index (χ4v) is 2.48. The van der Waals surface area contributed by atoms with Crippen LogP contribution in [-0.2, 0) is 14.3 Å². The summed E-state index contributed by atoms with van der Waals surface area (Å²) in [5, 5.41) is 2.96. The van der Waals surface area contributed by atoms with E-state index >= 15 is 0 Å². The highest BCUT2D eigenvalue weighted by Gasteiger charge is 2.21. The molecule has 112 valence electrons. The number of benzene rings is 1. The van der Waals surface area contributed by atoms with Gasteiger partial charge in [0.2, 0.25) is 5.91 Å². The van der Waals surface area contributed by atoms with E-state index in [0.717, 1.165) is 36.8 Å². The van der Waals surface area contributed by atoms with E-state index in [4.69, 9.17) is 4.74 Å². The topological polar surface area (TPSA) is 55.4 Å². The second-order valence-electron chi connectivity index (χ2n) is 5.19. The van der Waals surface area contributed by atoms with Crippen LogP contribution in [0.2, 0.25) is 0 Å². The second kappa shape index (κ2) is 7.62. The number of allylic oxidation sites excluding steroid dienone is 1. The van der Waals surface area contributed by atoms with Gasteiger partial charge < -0.3 is 10.1 Å². The van der Waals surface area contributed by atoms with Crippen LogP contribution in [0.4, 0.5) is 0 Å². The Labute approximate surface area is 125 Å². The summed E-state index contributed by atoms with van der Waals surface area (Å²) in [5.74, 6) is -0.408. The fourth-order valence-electron chi connectivity index (χ4n) is 2.48. The molecule has 1 aromatic rings. The van der Waals surface area contributed by atoms with E-state index in [1.807, 2.05) is 36.4 Å². The van der Waals surface area contributed by atoms with Crippen molar-refractivity contribution in [3.8, 4) is 0 Å². The van der Waals surface area contributed by atoms with Gasteiger partial charge in [-0.3, -0.25) is 9.59 Å². The Morgan fingerprint density at radius 1 is 1.24 bits per heavy atom. The van der Waals surface area contributed by atoms with Crippen molar-refractivity contribution < 1.29 is 14.3 Å². The van der Waals surface area contributed by atoms with E-state index in [1.165, 1.54) is 7.11 Å². The van der Waals surface area contributed by atoms with Crippen molar-refractivity contribution in [3.05, 3.63) is 47.5 Å². The number of carbonyl (C=O) groups is 2. The fraction of sp³-hybridized carbons (Fsp3) is 0.412. The lowest BCUT2D eigenvalue weighted by molar-refractivity contribution is -0.141. The first-order valence-corrected chi connectivity index (χ1v) is 7.32. The quantitative estimate of drug-likeness (QED) is 0.847. The number of hydrogen-bond acceptors (Lipinski definition) is 3. The summed E-state index contributed by atoms with van der Waals surface area (Å²) in [6.45, 7) is 0. The third-order valence-electron chi connectivity index (χ3n) is 3.69. The maximum absolute atomic E-state index is 12.3. The maximum Gasteiger partial charge on any atom is 0.307 e. The largest absolute Gasteiger partial charge is 0.469 e. The predicted octanol–water partition coefficient (Wildman–Crippen LogP) is 2.91. The third kappa shape index (κ3) is 4.45.